The molecule has 0 aromatic heterocycles. The van der Waals surface area contributed by atoms with Gasteiger partial charge in [0.2, 0.25) is 5.96 Å². The van der Waals surface area contributed by atoms with Gasteiger partial charge in [-0.3, -0.25) is 4.72 Å². The van der Waals surface area contributed by atoms with E-state index < -0.39 is 0 Å². The average Bonchev–Trinajstić information content (AvgIpc) is 1.69. The zero-order valence-electron chi connectivity index (χ0n) is 3.59. The van der Waals surface area contributed by atoms with E-state index in [2.05, 4.69) is 9.71 Å². The monoisotopic (exact) mass is 115 g/mol. The number of rotatable bonds is 0. The summed E-state index contributed by atoms with van der Waals surface area (Å²) >= 11 is 1.42. The number of nitrogens with two attached hydrogens (primary N) is 1. The fourth-order valence-electron chi connectivity index (χ4n) is 0.262. The summed E-state index contributed by atoms with van der Waals surface area (Å²) in [6, 6.07) is 0. The largest absolute Gasteiger partial charge is 0.369 e. The van der Waals surface area contributed by atoms with Crippen molar-refractivity contribution >= 4 is 17.9 Å². The fourth-order valence-corrected chi connectivity index (χ4v) is 0.625. The second-order valence-corrected chi connectivity index (χ2v) is 1.73. The predicted molar refractivity (Wildman–Crippen MR) is 31.5 cm³/mol. The lowest BCUT2D eigenvalue weighted by Crippen LogP contribution is -2.25. The molecular weight excluding hydrogens is 110 g/mol. The Hall–Kier alpha value is -0.640. The van der Waals surface area contributed by atoms with Gasteiger partial charge in [0, 0.05) is 11.6 Å². The summed E-state index contributed by atoms with van der Waals surface area (Å²) in [5, 5.41) is 1.82. The summed E-state index contributed by atoms with van der Waals surface area (Å²) in [4.78, 5) is 3.71. The van der Waals surface area contributed by atoms with Crippen LogP contribution in [-0.4, -0.2) is 5.96 Å². The van der Waals surface area contributed by atoms with Gasteiger partial charge in [0.25, 0.3) is 0 Å². The van der Waals surface area contributed by atoms with Gasteiger partial charge in [0.15, 0.2) is 0 Å². The highest BCUT2D eigenvalue weighted by atomic mass is 32.2. The topological polar surface area (TPSA) is 50.4 Å². The van der Waals surface area contributed by atoms with Gasteiger partial charge in [-0.15, -0.1) is 0 Å². The Morgan fingerprint density at radius 3 is 3.00 bits per heavy atom. The molecule has 0 fully saturated rings. The molecule has 38 valence electrons. The molecule has 0 saturated heterocycles. The molecule has 0 radical (unpaired) electrons. The van der Waals surface area contributed by atoms with Crippen LogP contribution in [0.4, 0.5) is 0 Å². The fraction of sp³-hybridized carbons (Fsp3) is 0. The molecule has 0 amide bonds. The molecule has 0 spiro atoms. The first-order valence-corrected chi connectivity index (χ1v) is 2.67. The van der Waals surface area contributed by atoms with Gasteiger partial charge in [-0.1, -0.05) is 0 Å². The van der Waals surface area contributed by atoms with E-state index in [1.807, 2.05) is 5.41 Å². The number of nitrogens with one attached hydrogen (secondary N) is 1. The van der Waals surface area contributed by atoms with Gasteiger partial charge < -0.3 is 5.73 Å². The van der Waals surface area contributed by atoms with Crippen molar-refractivity contribution in [2.24, 2.45) is 10.7 Å². The molecule has 7 heavy (non-hydrogen) atoms. The van der Waals surface area contributed by atoms with Crippen molar-refractivity contribution in [2.45, 2.75) is 0 Å². The van der Waals surface area contributed by atoms with Crippen molar-refractivity contribution < 1.29 is 0 Å². The van der Waals surface area contributed by atoms with Crippen LogP contribution in [0.1, 0.15) is 0 Å². The molecule has 0 saturated carbocycles. The SMILES string of the molecule is NC1=NC=CSN1. The Bertz CT molecular complexity index is 117. The molecule has 0 aromatic carbocycles. The molecule has 3 nitrogen and oxygen atoms in total. The summed E-state index contributed by atoms with van der Waals surface area (Å²) in [5.41, 5.74) is 5.20. The zero-order chi connectivity index (χ0) is 5.11. The van der Waals surface area contributed by atoms with Crippen LogP contribution in [0.2, 0.25) is 0 Å². The Kier molecular flexibility index (Phi) is 1.21. The van der Waals surface area contributed by atoms with E-state index in [1.165, 1.54) is 11.9 Å². The molecule has 0 bridgehead atoms. The number of guanidine groups is 1. The molecule has 1 rings (SSSR count). The highest BCUT2D eigenvalue weighted by Gasteiger charge is 1.88. The lowest BCUT2D eigenvalue weighted by Gasteiger charge is -2.00. The summed E-state index contributed by atoms with van der Waals surface area (Å²) in [6.07, 6.45) is 1.65. The van der Waals surface area contributed by atoms with Crippen molar-refractivity contribution in [2.75, 3.05) is 0 Å². The van der Waals surface area contributed by atoms with Gasteiger partial charge >= 0.3 is 0 Å². The lowest BCUT2D eigenvalue weighted by molar-refractivity contribution is 1.35. The maximum Gasteiger partial charge on any atom is 0.203 e. The normalized spacial score (nSPS) is 18.0. The van der Waals surface area contributed by atoms with Crippen LogP contribution >= 0.6 is 11.9 Å². The standard InChI is InChI=1S/C3H5N3S/c4-3-5-1-2-7-6-3/h1-2H,(H3,4,5,6). The third-order valence-corrected chi connectivity index (χ3v) is 1.09. The van der Waals surface area contributed by atoms with E-state index in [0.29, 0.717) is 5.96 Å². The van der Waals surface area contributed by atoms with E-state index in [9.17, 15) is 0 Å². The molecular formula is C3H5N3S. The number of nitrogens with zero attached hydrogens (tertiary/aromatic N) is 1. The minimum atomic E-state index is 0.465. The number of hydrogen-bond acceptors (Lipinski definition) is 4. The van der Waals surface area contributed by atoms with E-state index in [4.69, 9.17) is 5.73 Å². The van der Waals surface area contributed by atoms with Crippen molar-refractivity contribution in [1.29, 1.82) is 0 Å². The smallest absolute Gasteiger partial charge is 0.203 e. The average molecular weight is 115 g/mol. The maximum atomic E-state index is 5.20. The first-order chi connectivity index (χ1) is 3.39. The minimum Gasteiger partial charge on any atom is -0.369 e. The minimum absolute atomic E-state index is 0.465. The number of aliphatic imine (C=N–C) groups is 1. The van der Waals surface area contributed by atoms with Gasteiger partial charge in [-0.05, 0) is 11.9 Å². The lowest BCUT2D eigenvalue weighted by atomic mass is 10.9. The maximum absolute atomic E-state index is 5.20. The van der Waals surface area contributed by atoms with Gasteiger partial charge in [0.1, 0.15) is 0 Å². The highest BCUT2D eigenvalue weighted by Crippen LogP contribution is 1.98. The summed E-state index contributed by atoms with van der Waals surface area (Å²) in [5.74, 6) is 0.465. The van der Waals surface area contributed by atoms with Crippen LogP contribution in [0.15, 0.2) is 16.6 Å². The van der Waals surface area contributed by atoms with Gasteiger partial charge in [0.05, 0.1) is 0 Å². The van der Waals surface area contributed by atoms with Crippen LogP contribution in [0.25, 0.3) is 0 Å². The number of hydrogen-bond donors (Lipinski definition) is 2. The zero-order valence-corrected chi connectivity index (χ0v) is 4.40. The Labute approximate surface area is 45.8 Å². The van der Waals surface area contributed by atoms with Crippen LogP contribution in [-0.2, 0) is 0 Å². The molecule has 0 unspecified atom stereocenters. The van der Waals surface area contributed by atoms with E-state index >= 15 is 0 Å². The molecule has 4 heteroatoms. The third-order valence-electron chi connectivity index (χ3n) is 0.506. The second kappa shape index (κ2) is 1.88. The highest BCUT2D eigenvalue weighted by molar-refractivity contribution is 8.00. The second-order valence-electron chi connectivity index (χ2n) is 1.02. The molecule has 1 aliphatic heterocycles. The van der Waals surface area contributed by atoms with Crippen LogP contribution < -0.4 is 10.5 Å². The molecule has 0 atom stereocenters. The van der Waals surface area contributed by atoms with Crippen molar-refractivity contribution in [1.82, 2.24) is 4.72 Å². The molecule has 1 heterocycles. The Morgan fingerprint density at radius 2 is 2.71 bits per heavy atom. The molecule has 0 aliphatic carbocycles. The molecule has 1 aliphatic rings. The Balaban J connectivity index is 2.57. The van der Waals surface area contributed by atoms with Gasteiger partial charge in [-0.25, -0.2) is 4.99 Å². The first-order valence-electron chi connectivity index (χ1n) is 1.79. The summed E-state index contributed by atoms with van der Waals surface area (Å²) in [7, 11) is 0. The third kappa shape index (κ3) is 1.12. The van der Waals surface area contributed by atoms with Crippen molar-refractivity contribution in [3.05, 3.63) is 11.6 Å². The van der Waals surface area contributed by atoms with Gasteiger partial charge in [-0.2, -0.15) is 0 Å². The quantitative estimate of drug-likeness (QED) is 0.438. The van der Waals surface area contributed by atoms with Crippen LogP contribution in [0.3, 0.4) is 0 Å². The van der Waals surface area contributed by atoms with E-state index in [-0.39, 0.29) is 0 Å². The first kappa shape index (κ1) is 4.52. The van der Waals surface area contributed by atoms with E-state index in [1.54, 1.807) is 6.20 Å². The van der Waals surface area contributed by atoms with Crippen LogP contribution in [0.5, 0.6) is 0 Å². The van der Waals surface area contributed by atoms with Crippen molar-refractivity contribution in [3.8, 4) is 0 Å². The predicted octanol–water partition coefficient (Wildman–Crippen LogP) is 0.0237. The summed E-state index contributed by atoms with van der Waals surface area (Å²) in [6.45, 7) is 0. The van der Waals surface area contributed by atoms with E-state index in [0.717, 1.165) is 0 Å². The molecule has 3 N–H and O–H groups in total. The van der Waals surface area contributed by atoms with Crippen molar-refractivity contribution in [3.63, 3.8) is 0 Å². The summed E-state index contributed by atoms with van der Waals surface area (Å²) < 4.78 is 2.74. The molecule has 0 aromatic rings. The Morgan fingerprint density at radius 1 is 1.86 bits per heavy atom. The van der Waals surface area contributed by atoms with Crippen LogP contribution in [0, 0.1) is 0 Å².